The topological polar surface area (TPSA) is 57.8 Å². The van der Waals surface area contributed by atoms with E-state index >= 15 is 0 Å². The predicted molar refractivity (Wildman–Crippen MR) is 56.4 cm³/mol. The first-order chi connectivity index (χ1) is 6.11. The molecule has 1 aromatic rings. The third kappa shape index (κ3) is 2.86. The van der Waals surface area contributed by atoms with Crippen LogP contribution in [0.3, 0.4) is 0 Å². The van der Waals surface area contributed by atoms with Crippen molar-refractivity contribution in [3.05, 3.63) is 32.6 Å². The summed E-state index contributed by atoms with van der Waals surface area (Å²) in [5.41, 5.74) is 0.0814. The fraction of sp³-hybridized carbons (Fsp3) is 0.143. The predicted octanol–water partition coefficient (Wildman–Crippen LogP) is 1.74. The van der Waals surface area contributed by atoms with E-state index in [0.717, 1.165) is 4.48 Å². The Morgan fingerprint density at radius 1 is 1.85 bits per heavy atom. The van der Waals surface area contributed by atoms with Gasteiger partial charge in [0, 0.05) is 11.0 Å². The Morgan fingerprint density at radius 2 is 2.54 bits per heavy atom. The SMILES string of the molecule is C=C(Br)CNc1cn[nH]c(=O)c1Cl. The number of rotatable bonds is 3. The van der Waals surface area contributed by atoms with Gasteiger partial charge in [-0.1, -0.05) is 34.1 Å². The minimum absolute atomic E-state index is 0.101. The van der Waals surface area contributed by atoms with E-state index in [9.17, 15) is 4.79 Å². The molecule has 0 aromatic carbocycles. The lowest BCUT2D eigenvalue weighted by Crippen LogP contribution is -2.12. The fourth-order valence-corrected chi connectivity index (χ4v) is 0.996. The van der Waals surface area contributed by atoms with Crippen LogP contribution in [-0.4, -0.2) is 16.7 Å². The van der Waals surface area contributed by atoms with E-state index in [4.69, 9.17) is 11.6 Å². The molecule has 0 bridgehead atoms. The van der Waals surface area contributed by atoms with Gasteiger partial charge in [0.05, 0.1) is 11.9 Å². The molecule has 70 valence electrons. The summed E-state index contributed by atoms with van der Waals surface area (Å²) in [5.74, 6) is 0. The molecule has 4 nitrogen and oxygen atoms in total. The van der Waals surface area contributed by atoms with Gasteiger partial charge in [-0.15, -0.1) is 0 Å². The quantitative estimate of drug-likeness (QED) is 0.874. The maximum atomic E-state index is 11.0. The molecular formula is C7H7BrClN3O. The number of hydrogen-bond acceptors (Lipinski definition) is 3. The average Bonchev–Trinajstić information content (AvgIpc) is 2.07. The molecule has 6 heteroatoms. The molecule has 0 saturated carbocycles. The van der Waals surface area contributed by atoms with E-state index in [1.807, 2.05) is 0 Å². The fourth-order valence-electron chi connectivity index (χ4n) is 0.698. The number of hydrogen-bond donors (Lipinski definition) is 2. The van der Waals surface area contributed by atoms with Crippen LogP contribution in [-0.2, 0) is 0 Å². The van der Waals surface area contributed by atoms with Gasteiger partial charge in [-0.2, -0.15) is 5.10 Å². The van der Waals surface area contributed by atoms with Crippen LogP contribution >= 0.6 is 27.5 Å². The Balaban J connectivity index is 2.83. The number of nitrogens with one attached hydrogen (secondary N) is 2. The lowest BCUT2D eigenvalue weighted by molar-refractivity contribution is 0.987. The van der Waals surface area contributed by atoms with Crippen molar-refractivity contribution in [2.45, 2.75) is 0 Å². The summed E-state index contributed by atoms with van der Waals surface area (Å²) in [5, 5.41) is 8.80. The molecule has 0 amide bonds. The van der Waals surface area contributed by atoms with Crippen LogP contribution in [0.5, 0.6) is 0 Å². The van der Waals surface area contributed by atoms with Crippen molar-refractivity contribution < 1.29 is 0 Å². The minimum atomic E-state index is -0.410. The van der Waals surface area contributed by atoms with Crippen LogP contribution in [0.2, 0.25) is 5.02 Å². The molecule has 0 fully saturated rings. The maximum Gasteiger partial charge on any atom is 0.285 e. The van der Waals surface area contributed by atoms with E-state index in [1.54, 1.807) is 0 Å². The van der Waals surface area contributed by atoms with Crippen molar-refractivity contribution in [3.8, 4) is 0 Å². The molecule has 1 aromatic heterocycles. The molecule has 0 atom stereocenters. The molecule has 0 aliphatic rings. The smallest absolute Gasteiger partial charge is 0.285 e. The number of anilines is 1. The summed E-state index contributed by atoms with van der Waals surface area (Å²) >= 11 is 8.85. The van der Waals surface area contributed by atoms with Crippen LogP contribution in [0, 0.1) is 0 Å². The standard InChI is InChI=1S/C7H7BrClN3O/c1-4(8)2-10-5-3-11-12-7(13)6(5)9/h3H,1-2H2,(H2,10,12,13). The largest absolute Gasteiger partial charge is 0.378 e. The summed E-state index contributed by atoms with van der Waals surface area (Å²) in [6.07, 6.45) is 1.44. The van der Waals surface area contributed by atoms with Crippen molar-refractivity contribution in [1.29, 1.82) is 0 Å². The molecule has 0 unspecified atom stereocenters. The molecule has 13 heavy (non-hydrogen) atoms. The van der Waals surface area contributed by atoms with Crippen molar-refractivity contribution in [1.82, 2.24) is 10.2 Å². The lowest BCUT2D eigenvalue weighted by Gasteiger charge is -2.04. The van der Waals surface area contributed by atoms with Crippen LogP contribution < -0.4 is 10.9 Å². The summed E-state index contributed by atoms with van der Waals surface area (Å²) in [7, 11) is 0. The number of aromatic amines is 1. The highest BCUT2D eigenvalue weighted by molar-refractivity contribution is 9.11. The highest BCUT2D eigenvalue weighted by Crippen LogP contribution is 2.15. The van der Waals surface area contributed by atoms with E-state index in [0.29, 0.717) is 12.2 Å². The van der Waals surface area contributed by atoms with Crippen molar-refractivity contribution >= 4 is 33.2 Å². The molecule has 2 N–H and O–H groups in total. The first-order valence-corrected chi connectivity index (χ1v) is 4.58. The normalized spacial score (nSPS) is 9.69. The van der Waals surface area contributed by atoms with Crippen LogP contribution in [0.15, 0.2) is 22.1 Å². The van der Waals surface area contributed by atoms with Gasteiger partial charge >= 0.3 is 0 Å². The van der Waals surface area contributed by atoms with Gasteiger partial charge in [0.2, 0.25) is 0 Å². The average molecular weight is 265 g/mol. The van der Waals surface area contributed by atoms with Crippen LogP contribution in [0.1, 0.15) is 0 Å². The second kappa shape index (κ2) is 4.43. The maximum absolute atomic E-state index is 11.0. The number of aromatic nitrogens is 2. The zero-order valence-corrected chi connectivity index (χ0v) is 8.94. The van der Waals surface area contributed by atoms with Gasteiger partial charge in [0.25, 0.3) is 5.56 Å². The minimum Gasteiger partial charge on any atom is -0.378 e. The highest BCUT2D eigenvalue weighted by Gasteiger charge is 2.03. The second-order valence-corrected chi connectivity index (χ2v) is 3.80. The van der Waals surface area contributed by atoms with Crippen molar-refractivity contribution in [3.63, 3.8) is 0 Å². The summed E-state index contributed by atoms with van der Waals surface area (Å²) in [6, 6.07) is 0. The molecule has 0 spiro atoms. The van der Waals surface area contributed by atoms with Gasteiger partial charge < -0.3 is 5.32 Å². The van der Waals surface area contributed by atoms with E-state index in [2.05, 4.69) is 38.0 Å². The van der Waals surface area contributed by atoms with Gasteiger partial charge in [0.1, 0.15) is 5.02 Å². The Labute approximate surface area is 88.1 Å². The van der Waals surface area contributed by atoms with Gasteiger partial charge in [-0.05, 0) is 0 Å². The molecule has 0 aliphatic carbocycles. The summed E-state index contributed by atoms with van der Waals surface area (Å²) in [4.78, 5) is 11.0. The first-order valence-electron chi connectivity index (χ1n) is 3.41. The van der Waals surface area contributed by atoms with Crippen LogP contribution in [0.4, 0.5) is 5.69 Å². The highest BCUT2D eigenvalue weighted by atomic mass is 79.9. The number of nitrogens with zero attached hydrogens (tertiary/aromatic N) is 1. The molecular weight excluding hydrogens is 257 g/mol. The zero-order valence-electron chi connectivity index (χ0n) is 6.60. The van der Waals surface area contributed by atoms with E-state index in [-0.39, 0.29) is 5.02 Å². The number of halogens is 2. The molecule has 0 saturated heterocycles. The Morgan fingerprint density at radius 3 is 3.15 bits per heavy atom. The Kier molecular flexibility index (Phi) is 3.50. The van der Waals surface area contributed by atoms with Crippen molar-refractivity contribution in [2.24, 2.45) is 0 Å². The first kappa shape index (κ1) is 10.3. The molecule has 1 rings (SSSR count). The Hall–Kier alpha value is -0.810. The monoisotopic (exact) mass is 263 g/mol. The molecule has 0 radical (unpaired) electrons. The summed E-state index contributed by atoms with van der Waals surface area (Å²) in [6.45, 7) is 4.12. The summed E-state index contributed by atoms with van der Waals surface area (Å²) < 4.78 is 0.767. The molecule has 0 aliphatic heterocycles. The number of H-pyrrole nitrogens is 1. The van der Waals surface area contributed by atoms with E-state index in [1.165, 1.54) is 6.20 Å². The van der Waals surface area contributed by atoms with Crippen molar-refractivity contribution in [2.75, 3.05) is 11.9 Å². The van der Waals surface area contributed by atoms with E-state index < -0.39 is 5.56 Å². The second-order valence-electron chi connectivity index (χ2n) is 2.30. The van der Waals surface area contributed by atoms with Gasteiger partial charge in [-0.25, -0.2) is 5.10 Å². The van der Waals surface area contributed by atoms with Gasteiger partial charge in [-0.3, -0.25) is 4.79 Å². The third-order valence-corrected chi connectivity index (χ3v) is 1.92. The Bertz CT molecular complexity index is 376. The van der Waals surface area contributed by atoms with Gasteiger partial charge in [0.15, 0.2) is 0 Å². The zero-order chi connectivity index (χ0) is 9.84. The van der Waals surface area contributed by atoms with Crippen LogP contribution in [0.25, 0.3) is 0 Å². The lowest BCUT2D eigenvalue weighted by atomic mass is 10.4. The third-order valence-electron chi connectivity index (χ3n) is 1.27. The molecule has 1 heterocycles.